The number of ether oxygens (including phenoxy) is 1. The number of benzene rings is 1. The Balaban J connectivity index is 1.93. The van der Waals surface area contributed by atoms with Gasteiger partial charge in [-0.3, -0.25) is 14.3 Å². The van der Waals surface area contributed by atoms with Crippen LogP contribution in [0.4, 0.5) is 0 Å². The minimum atomic E-state index is -4.12. The van der Waals surface area contributed by atoms with E-state index in [1.54, 1.807) is 6.92 Å². The third-order valence-corrected chi connectivity index (χ3v) is 7.82. The molecule has 10 nitrogen and oxygen atoms in total. The van der Waals surface area contributed by atoms with Crippen molar-refractivity contribution in [3.05, 3.63) is 41.2 Å². The monoisotopic (exact) mass is 497 g/mol. The Hall–Kier alpha value is -2.57. The van der Waals surface area contributed by atoms with E-state index in [1.165, 1.54) is 29.9 Å². The Morgan fingerprint density at radius 2 is 1.88 bits per heavy atom. The zero-order valence-corrected chi connectivity index (χ0v) is 20.3. The number of nitrogens with zero attached hydrogens (tertiary/aromatic N) is 2. The van der Waals surface area contributed by atoms with Gasteiger partial charge in [-0.2, -0.15) is 5.10 Å². The van der Waals surface area contributed by atoms with Gasteiger partial charge in [-0.25, -0.2) is 21.6 Å². The molecule has 0 bridgehead atoms. The number of hydrogen-bond donors (Lipinski definition) is 1. The van der Waals surface area contributed by atoms with Crippen molar-refractivity contribution in [2.24, 2.45) is 0 Å². The second kappa shape index (κ2) is 9.74. The quantitative estimate of drug-likeness (QED) is 0.512. The first-order valence-corrected chi connectivity index (χ1v) is 13.8. The number of sulfone groups is 1. The first kappa shape index (κ1) is 25.1. The van der Waals surface area contributed by atoms with Crippen LogP contribution in [0, 0.1) is 0 Å². The van der Waals surface area contributed by atoms with Crippen LogP contribution in [0.5, 0.6) is 0 Å². The normalized spacial score (nSPS) is 16.3. The van der Waals surface area contributed by atoms with Crippen LogP contribution in [-0.4, -0.2) is 51.2 Å². The Morgan fingerprint density at radius 1 is 1.18 bits per heavy atom. The van der Waals surface area contributed by atoms with E-state index in [1.807, 2.05) is 0 Å². The van der Waals surface area contributed by atoms with Gasteiger partial charge in [0.25, 0.3) is 0 Å². The highest BCUT2D eigenvalue weighted by atomic mass is 32.2. The highest BCUT2D eigenvalue weighted by Gasteiger charge is 2.30. The van der Waals surface area contributed by atoms with Gasteiger partial charge in [0.2, 0.25) is 10.0 Å². The molecule has 3 rings (SSSR count). The van der Waals surface area contributed by atoms with Gasteiger partial charge in [0, 0.05) is 23.9 Å². The number of Topliss-reactive ketones (excluding diaryl/α,β-unsaturated/α-hetero) is 1. The summed E-state index contributed by atoms with van der Waals surface area (Å²) in [7, 11) is -7.82. The lowest BCUT2D eigenvalue weighted by Crippen LogP contribution is -2.31. The molecule has 1 aromatic carbocycles. The van der Waals surface area contributed by atoms with Crippen LogP contribution >= 0.6 is 0 Å². The minimum Gasteiger partial charge on any atom is -0.465 e. The van der Waals surface area contributed by atoms with E-state index in [2.05, 4.69) is 9.82 Å². The second-order valence-electron chi connectivity index (χ2n) is 8.04. The maximum absolute atomic E-state index is 13.2. The first-order valence-electron chi connectivity index (χ1n) is 10.5. The topological polar surface area (TPSA) is 141 Å². The fourth-order valence-electron chi connectivity index (χ4n) is 3.85. The number of rotatable bonds is 9. The Kier molecular flexibility index (Phi) is 7.39. The molecule has 180 valence electrons. The van der Waals surface area contributed by atoms with Crippen LogP contribution in [0.15, 0.2) is 34.2 Å². The number of esters is 1. The molecule has 33 heavy (non-hydrogen) atoms. The SMILES string of the molecule is CCOC(=O)Cn1ncc2c1CCCC2NS(=O)(=O)c1cc(CC(C)=O)cc(S(C)(=O)=O)c1. The highest BCUT2D eigenvalue weighted by molar-refractivity contribution is 7.91. The van der Waals surface area contributed by atoms with Crippen LogP contribution in [0.3, 0.4) is 0 Å². The van der Waals surface area contributed by atoms with Crippen LogP contribution in [0.25, 0.3) is 0 Å². The molecule has 1 heterocycles. The van der Waals surface area contributed by atoms with Crippen LogP contribution in [0.2, 0.25) is 0 Å². The number of hydrogen-bond acceptors (Lipinski definition) is 8. The van der Waals surface area contributed by atoms with Gasteiger partial charge in [-0.15, -0.1) is 0 Å². The largest absolute Gasteiger partial charge is 0.465 e. The van der Waals surface area contributed by atoms with Crippen molar-refractivity contribution in [1.82, 2.24) is 14.5 Å². The van der Waals surface area contributed by atoms with E-state index in [9.17, 15) is 26.4 Å². The number of aromatic nitrogens is 2. The molecule has 0 saturated heterocycles. The number of sulfonamides is 1. The van der Waals surface area contributed by atoms with E-state index in [-0.39, 0.29) is 35.1 Å². The predicted molar refractivity (Wildman–Crippen MR) is 119 cm³/mol. The molecule has 12 heteroatoms. The van der Waals surface area contributed by atoms with Crippen LogP contribution in [0.1, 0.15) is 49.6 Å². The number of nitrogens with one attached hydrogen (secondary N) is 1. The molecule has 0 amide bonds. The summed E-state index contributed by atoms with van der Waals surface area (Å²) in [6, 6.07) is 3.13. The molecule has 2 aromatic rings. The van der Waals surface area contributed by atoms with Gasteiger partial charge in [-0.1, -0.05) is 0 Å². The summed E-state index contributed by atoms with van der Waals surface area (Å²) in [5, 5.41) is 4.23. The molecular formula is C21H27N3O7S2. The lowest BCUT2D eigenvalue weighted by molar-refractivity contribution is -0.144. The number of carbonyl (C=O) groups excluding carboxylic acids is 2. The maximum Gasteiger partial charge on any atom is 0.327 e. The number of carbonyl (C=O) groups is 2. The van der Waals surface area contributed by atoms with Crippen molar-refractivity contribution in [3.8, 4) is 0 Å². The van der Waals surface area contributed by atoms with E-state index >= 15 is 0 Å². The Bertz CT molecular complexity index is 1280. The van der Waals surface area contributed by atoms with Gasteiger partial charge in [0.1, 0.15) is 12.3 Å². The summed E-state index contributed by atoms with van der Waals surface area (Å²) in [6.07, 6.45) is 4.26. The summed E-state index contributed by atoms with van der Waals surface area (Å²) in [5.41, 5.74) is 1.72. The van der Waals surface area contributed by atoms with Crippen molar-refractivity contribution in [2.75, 3.05) is 12.9 Å². The third-order valence-electron chi connectivity index (χ3n) is 5.28. The summed E-state index contributed by atoms with van der Waals surface area (Å²) < 4.78 is 59.7. The Morgan fingerprint density at radius 3 is 2.52 bits per heavy atom. The summed E-state index contributed by atoms with van der Waals surface area (Å²) >= 11 is 0. The minimum absolute atomic E-state index is 0.0620. The molecule has 0 spiro atoms. The summed E-state index contributed by atoms with van der Waals surface area (Å²) in [4.78, 5) is 23.0. The smallest absolute Gasteiger partial charge is 0.327 e. The van der Waals surface area contributed by atoms with Crippen molar-refractivity contribution < 1.29 is 31.2 Å². The molecule has 1 aromatic heterocycles. The molecule has 0 fully saturated rings. The summed E-state index contributed by atoms with van der Waals surface area (Å²) in [5.74, 6) is -0.649. The maximum atomic E-state index is 13.2. The first-order chi connectivity index (χ1) is 15.4. The Labute approximate surface area is 193 Å². The summed E-state index contributed by atoms with van der Waals surface area (Å²) in [6.45, 7) is 3.25. The molecular weight excluding hydrogens is 470 g/mol. The molecule has 0 saturated carbocycles. The van der Waals surface area contributed by atoms with E-state index < -0.39 is 31.9 Å². The average Bonchev–Trinajstić information content (AvgIpc) is 3.10. The molecule has 1 N–H and O–H groups in total. The van der Waals surface area contributed by atoms with Crippen LogP contribution < -0.4 is 4.72 Å². The standard InChI is InChI=1S/C21H27N3O7S2/c1-4-31-21(26)13-24-20-7-5-6-19(18(20)12-22-24)23-33(29,30)17-10-15(8-14(2)25)9-16(11-17)32(3,27)28/h9-12,19,23H,4-8,13H2,1-3H3. The number of fused-ring (bicyclic) bond motifs is 1. The molecule has 0 aliphatic heterocycles. The second-order valence-corrected chi connectivity index (χ2v) is 11.8. The molecule has 1 aliphatic rings. The van der Waals surface area contributed by atoms with Crippen molar-refractivity contribution in [3.63, 3.8) is 0 Å². The lowest BCUT2D eigenvalue weighted by Gasteiger charge is -2.24. The number of ketones is 1. The predicted octanol–water partition coefficient (Wildman–Crippen LogP) is 1.34. The molecule has 1 aliphatic carbocycles. The van der Waals surface area contributed by atoms with Gasteiger partial charge in [0.15, 0.2) is 9.84 Å². The molecule has 1 atom stereocenters. The van der Waals surface area contributed by atoms with Crippen molar-refractivity contribution >= 4 is 31.6 Å². The fraction of sp³-hybridized carbons (Fsp3) is 0.476. The lowest BCUT2D eigenvalue weighted by atomic mass is 9.94. The average molecular weight is 498 g/mol. The fourth-order valence-corrected chi connectivity index (χ4v) is 5.98. The van der Waals surface area contributed by atoms with Gasteiger partial charge in [0.05, 0.1) is 28.6 Å². The van der Waals surface area contributed by atoms with Gasteiger partial charge >= 0.3 is 5.97 Å². The van der Waals surface area contributed by atoms with E-state index in [0.29, 0.717) is 30.4 Å². The third kappa shape index (κ3) is 6.06. The van der Waals surface area contributed by atoms with Crippen molar-refractivity contribution in [1.29, 1.82) is 0 Å². The van der Waals surface area contributed by atoms with Gasteiger partial charge in [-0.05, 0) is 56.9 Å². The molecule has 0 radical (unpaired) electrons. The molecule has 1 unspecified atom stereocenters. The van der Waals surface area contributed by atoms with Crippen LogP contribution in [-0.2, 0) is 53.6 Å². The zero-order chi connectivity index (χ0) is 24.4. The van der Waals surface area contributed by atoms with Gasteiger partial charge < -0.3 is 4.74 Å². The van der Waals surface area contributed by atoms with E-state index in [0.717, 1.165) is 18.0 Å². The zero-order valence-electron chi connectivity index (χ0n) is 18.7. The highest BCUT2D eigenvalue weighted by Crippen LogP contribution is 2.31. The van der Waals surface area contributed by atoms with E-state index in [4.69, 9.17) is 4.74 Å². The van der Waals surface area contributed by atoms with Crippen molar-refractivity contribution in [2.45, 2.75) is 61.9 Å².